The van der Waals surface area contributed by atoms with E-state index in [1.165, 1.54) is 11.3 Å². The molecule has 1 aromatic heterocycles. The fourth-order valence-electron chi connectivity index (χ4n) is 1.48. The summed E-state index contributed by atoms with van der Waals surface area (Å²) in [5, 5.41) is 8.73. The average molecular weight is 280 g/mol. The lowest BCUT2D eigenvalue weighted by Gasteiger charge is -2.27. The summed E-state index contributed by atoms with van der Waals surface area (Å²) in [6.45, 7) is 5.02. The molecule has 0 aliphatic heterocycles. The van der Waals surface area contributed by atoms with Gasteiger partial charge in [-0.25, -0.2) is 0 Å². The zero-order valence-corrected chi connectivity index (χ0v) is 11.9. The molecule has 0 fully saturated rings. The molecule has 0 saturated carbocycles. The fourth-order valence-corrected chi connectivity index (χ4v) is 2.37. The van der Waals surface area contributed by atoms with Gasteiger partial charge in [0.05, 0.1) is 19.8 Å². The monoisotopic (exact) mass is 279 g/mol. The molecule has 1 heterocycles. The van der Waals surface area contributed by atoms with Gasteiger partial charge in [0.25, 0.3) is 0 Å². The summed E-state index contributed by atoms with van der Waals surface area (Å²) in [5.74, 6) is 0. The lowest BCUT2D eigenvalue weighted by molar-refractivity contribution is 0.0703. The van der Waals surface area contributed by atoms with E-state index >= 15 is 0 Å². The van der Waals surface area contributed by atoms with E-state index in [1.807, 2.05) is 0 Å². The number of nitrogens with zero attached hydrogens (tertiary/aromatic N) is 3. The molecule has 1 unspecified atom stereocenters. The van der Waals surface area contributed by atoms with Crippen LogP contribution in [-0.2, 0) is 16.0 Å². The summed E-state index contributed by atoms with van der Waals surface area (Å²) in [7, 11) is 3.40. The van der Waals surface area contributed by atoms with Crippen molar-refractivity contribution in [3.8, 4) is 0 Å². The van der Waals surface area contributed by atoms with E-state index in [-0.39, 0.29) is 0 Å². The van der Waals surface area contributed by atoms with E-state index in [1.54, 1.807) is 14.2 Å². The molecule has 0 aliphatic carbocycles. The van der Waals surface area contributed by atoms with Crippen LogP contribution in [0.1, 0.15) is 11.9 Å². The quantitative estimate of drug-likeness (QED) is 0.724. The minimum absolute atomic E-state index is 0.304. The Kier molecular flexibility index (Phi) is 6.91. The summed E-state index contributed by atoms with van der Waals surface area (Å²) in [4.78, 5) is 2.24. The van der Waals surface area contributed by atoms with Crippen LogP contribution >= 0.6 is 22.9 Å². The van der Waals surface area contributed by atoms with Crippen LogP contribution in [0.25, 0.3) is 0 Å². The third-order valence-corrected chi connectivity index (χ3v) is 3.40. The molecule has 0 aliphatic rings. The Morgan fingerprint density at radius 3 is 2.65 bits per heavy atom. The maximum absolute atomic E-state index is 5.77. The van der Waals surface area contributed by atoms with Gasteiger partial charge in [0, 0.05) is 26.8 Å². The molecule has 1 atom stereocenters. The minimum Gasteiger partial charge on any atom is -0.383 e. The molecule has 0 aromatic carbocycles. The number of rotatable bonds is 8. The predicted octanol–water partition coefficient (Wildman–Crippen LogP) is 1.67. The molecule has 17 heavy (non-hydrogen) atoms. The maximum Gasteiger partial charge on any atom is 0.207 e. The van der Waals surface area contributed by atoms with Crippen molar-refractivity contribution in [2.75, 3.05) is 34.0 Å². The van der Waals surface area contributed by atoms with Crippen LogP contribution in [0.5, 0.6) is 0 Å². The molecule has 7 heteroatoms. The molecule has 1 rings (SSSR count). The van der Waals surface area contributed by atoms with Crippen LogP contribution in [0.15, 0.2) is 0 Å². The number of methoxy groups -OCH3 is 2. The van der Waals surface area contributed by atoms with Gasteiger partial charge in [-0.1, -0.05) is 11.3 Å². The Labute approximate surface area is 111 Å². The Balaban J connectivity index is 2.55. The first-order chi connectivity index (χ1) is 8.17. The number of aromatic nitrogens is 2. The molecular formula is C10H18ClN3O2S. The van der Waals surface area contributed by atoms with Gasteiger partial charge >= 0.3 is 0 Å². The first kappa shape index (κ1) is 14.8. The summed E-state index contributed by atoms with van der Waals surface area (Å²) < 4.78 is 10.7. The summed E-state index contributed by atoms with van der Waals surface area (Å²) in [5.41, 5.74) is 0. The van der Waals surface area contributed by atoms with Gasteiger partial charge in [0.15, 0.2) is 0 Å². The van der Waals surface area contributed by atoms with Crippen molar-refractivity contribution < 1.29 is 9.47 Å². The van der Waals surface area contributed by atoms with Gasteiger partial charge in [-0.15, -0.1) is 10.2 Å². The highest BCUT2D eigenvalue weighted by Gasteiger charge is 2.16. The SMILES string of the molecule is COCCN(Cc1nnc(Cl)s1)C(C)COC. The van der Waals surface area contributed by atoms with E-state index in [0.29, 0.717) is 23.7 Å². The highest BCUT2D eigenvalue weighted by atomic mass is 35.5. The third-order valence-electron chi connectivity index (χ3n) is 2.39. The van der Waals surface area contributed by atoms with Crippen LogP contribution in [0, 0.1) is 0 Å². The highest BCUT2D eigenvalue weighted by molar-refractivity contribution is 7.15. The molecule has 0 bridgehead atoms. The molecule has 1 aromatic rings. The first-order valence-corrected chi connectivity index (χ1v) is 6.56. The van der Waals surface area contributed by atoms with Crippen molar-refractivity contribution in [3.63, 3.8) is 0 Å². The van der Waals surface area contributed by atoms with Gasteiger partial charge in [-0.2, -0.15) is 0 Å². The van der Waals surface area contributed by atoms with E-state index in [0.717, 1.165) is 18.1 Å². The van der Waals surface area contributed by atoms with Gasteiger partial charge in [-0.05, 0) is 18.5 Å². The van der Waals surface area contributed by atoms with Gasteiger partial charge in [-0.3, -0.25) is 4.90 Å². The molecule has 0 radical (unpaired) electrons. The molecule has 0 saturated heterocycles. The zero-order valence-electron chi connectivity index (χ0n) is 10.4. The normalized spacial score (nSPS) is 13.2. The van der Waals surface area contributed by atoms with Crippen molar-refractivity contribution in [1.29, 1.82) is 0 Å². The Hall–Kier alpha value is -0.270. The Morgan fingerprint density at radius 1 is 1.35 bits per heavy atom. The van der Waals surface area contributed by atoms with Crippen molar-refractivity contribution in [2.24, 2.45) is 0 Å². The summed E-state index contributed by atoms with van der Waals surface area (Å²) >= 11 is 7.17. The van der Waals surface area contributed by atoms with E-state index in [4.69, 9.17) is 21.1 Å². The van der Waals surface area contributed by atoms with Gasteiger partial charge in [0.2, 0.25) is 4.47 Å². The molecule has 98 valence electrons. The largest absolute Gasteiger partial charge is 0.383 e. The summed E-state index contributed by atoms with van der Waals surface area (Å²) in [6.07, 6.45) is 0. The highest BCUT2D eigenvalue weighted by Crippen LogP contribution is 2.17. The van der Waals surface area contributed by atoms with Crippen LogP contribution in [0.2, 0.25) is 4.47 Å². The molecule has 0 amide bonds. The van der Waals surface area contributed by atoms with Crippen LogP contribution in [0.4, 0.5) is 0 Å². The fraction of sp³-hybridized carbons (Fsp3) is 0.800. The molecule has 5 nitrogen and oxygen atoms in total. The van der Waals surface area contributed by atoms with E-state index in [9.17, 15) is 0 Å². The standard InChI is InChI=1S/C10H18ClN3O2S/c1-8(7-16-3)14(4-5-15-2)6-9-12-13-10(11)17-9/h8H,4-7H2,1-3H3. The first-order valence-electron chi connectivity index (χ1n) is 5.37. The van der Waals surface area contributed by atoms with Crippen molar-refractivity contribution in [2.45, 2.75) is 19.5 Å². The molecule has 0 spiro atoms. The zero-order chi connectivity index (χ0) is 12.7. The second-order valence-corrected chi connectivity index (χ2v) is 5.36. The van der Waals surface area contributed by atoms with Crippen molar-refractivity contribution in [1.82, 2.24) is 15.1 Å². The van der Waals surface area contributed by atoms with E-state index < -0.39 is 0 Å². The Morgan fingerprint density at radius 2 is 2.12 bits per heavy atom. The second-order valence-electron chi connectivity index (χ2n) is 3.72. The summed E-state index contributed by atoms with van der Waals surface area (Å²) in [6, 6.07) is 0.304. The minimum atomic E-state index is 0.304. The second kappa shape index (κ2) is 7.94. The van der Waals surface area contributed by atoms with Crippen molar-refractivity contribution in [3.05, 3.63) is 9.47 Å². The van der Waals surface area contributed by atoms with Crippen molar-refractivity contribution >= 4 is 22.9 Å². The van der Waals surface area contributed by atoms with Crippen LogP contribution in [-0.4, -0.2) is 55.1 Å². The van der Waals surface area contributed by atoms with Gasteiger partial charge < -0.3 is 9.47 Å². The number of hydrogen-bond acceptors (Lipinski definition) is 6. The number of halogens is 1. The van der Waals surface area contributed by atoms with E-state index in [2.05, 4.69) is 22.0 Å². The topological polar surface area (TPSA) is 47.5 Å². The maximum atomic E-state index is 5.77. The smallest absolute Gasteiger partial charge is 0.207 e. The number of hydrogen-bond donors (Lipinski definition) is 0. The Bertz CT molecular complexity index is 324. The van der Waals surface area contributed by atoms with Crippen LogP contribution < -0.4 is 0 Å². The lowest BCUT2D eigenvalue weighted by Crippen LogP contribution is -2.38. The lowest BCUT2D eigenvalue weighted by atomic mass is 10.3. The third kappa shape index (κ3) is 5.27. The number of ether oxygens (including phenoxy) is 2. The molecular weight excluding hydrogens is 262 g/mol. The predicted molar refractivity (Wildman–Crippen MR) is 68.5 cm³/mol. The van der Waals surface area contributed by atoms with Gasteiger partial charge in [0.1, 0.15) is 5.01 Å². The van der Waals surface area contributed by atoms with Crippen LogP contribution in [0.3, 0.4) is 0 Å². The molecule has 0 N–H and O–H groups in total. The average Bonchev–Trinajstić information content (AvgIpc) is 2.70.